The number of nitrogen functional groups attached to an aromatic ring is 1. The minimum Gasteiger partial charge on any atom is -0.393 e. The fourth-order valence-corrected chi connectivity index (χ4v) is 3.92. The number of piperidine rings is 1. The summed E-state index contributed by atoms with van der Waals surface area (Å²) in [4.78, 5) is 5.11. The lowest BCUT2D eigenvalue weighted by atomic mass is 9.90. The number of fused-ring (bicyclic) bond motifs is 1. The Balaban J connectivity index is 1.98. The van der Waals surface area contributed by atoms with E-state index in [0.717, 1.165) is 59.5 Å². The van der Waals surface area contributed by atoms with Gasteiger partial charge in [0.15, 0.2) is 5.65 Å². The van der Waals surface area contributed by atoms with Gasteiger partial charge in [-0.1, -0.05) is 43.0 Å². The molecule has 2 aromatic heterocycles. The summed E-state index contributed by atoms with van der Waals surface area (Å²) in [5.41, 5.74) is 12.4. The van der Waals surface area contributed by atoms with E-state index >= 15 is 0 Å². The van der Waals surface area contributed by atoms with Crippen LogP contribution in [0.15, 0.2) is 55.4 Å². The summed E-state index contributed by atoms with van der Waals surface area (Å²) < 4.78 is 1.74. The number of hydrogen-bond acceptors (Lipinski definition) is 5. The largest absolute Gasteiger partial charge is 0.393 e. The molecule has 3 heterocycles. The van der Waals surface area contributed by atoms with Crippen LogP contribution in [0.5, 0.6) is 0 Å². The van der Waals surface area contributed by atoms with E-state index in [1.165, 1.54) is 0 Å². The highest BCUT2D eigenvalue weighted by Gasteiger charge is 2.25. The Bertz CT molecular complexity index is 1010. The maximum absolute atomic E-state index is 6.67. The summed E-state index contributed by atoms with van der Waals surface area (Å²) in [6.07, 6.45) is 7.74. The lowest BCUT2D eigenvalue weighted by Gasteiger charge is -2.25. The second-order valence-corrected chi connectivity index (χ2v) is 7.05. The molecule has 144 valence electrons. The molecule has 1 aliphatic rings. The zero-order chi connectivity index (χ0) is 19.5. The molecule has 4 N–H and O–H groups in total. The highest BCUT2D eigenvalue weighted by molar-refractivity contribution is 5.85. The number of allylic oxidation sites excluding steroid dienone is 2. The summed E-state index contributed by atoms with van der Waals surface area (Å²) in [6.45, 7) is 5.89. The minimum atomic E-state index is 0.319. The Morgan fingerprint density at radius 1 is 1.36 bits per heavy atom. The molecule has 0 spiro atoms. The summed E-state index contributed by atoms with van der Waals surface area (Å²) in [5.74, 6) is 0.940. The number of nitrogens with zero attached hydrogens (tertiary/aromatic N) is 3. The monoisotopic (exact) mass is 374 g/mol. The molecular weight excluding hydrogens is 348 g/mol. The Hall–Kier alpha value is -3.12. The SMILES string of the molecule is C=C/C(=C\NC)c1cnn2c(N)c(-c3ccccc3)c(C3CCCNC3)nc12. The number of nitrogens with one attached hydrogen (secondary N) is 2. The van der Waals surface area contributed by atoms with Gasteiger partial charge in [-0.3, -0.25) is 0 Å². The van der Waals surface area contributed by atoms with Crippen molar-refractivity contribution in [2.24, 2.45) is 0 Å². The molecule has 1 aliphatic heterocycles. The first-order valence-electron chi connectivity index (χ1n) is 9.68. The molecule has 1 fully saturated rings. The van der Waals surface area contributed by atoms with E-state index < -0.39 is 0 Å². The predicted molar refractivity (Wildman–Crippen MR) is 115 cm³/mol. The lowest BCUT2D eigenvalue weighted by molar-refractivity contribution is 0.455. The van der Waals surface area contributed by atoms with Crippen LogP contribution in [0.4, 0.5) is 5.82 Å². The van der Waals surface area contributed by atoms with Gasteiger partial charge in [-0.15, -0.1) is 0 Å². The molecule has 1 aromatic carbocycles. The topological polar surface area (TPSA) is 80.3 Å². The lowest BCUT2D eigenvalue weighted by Crippen LogP contribution is -2.29. The Morgan fingerprint density at radius 2 is 2.18 bits per heavy atom. The van der Waals surface area contributed by atoms with E-state index in [9.17, 15) is 0 Å². The highest BCUT2D eigenvalue weighted by Crippen LogP contribution is 2.37. The third kappa shape index (κ3) is 3.16. The first-order valence-corrected chi connectivity index (χ1v) is 9.68. The van der Waals surface area contributed by atoms with Crippen molar-refractivity contribution in [3.05, 3.63) is 66.6 Å². The van der Waals surface area contributed by atoms with Crippen molar-refractivity contribution in [1.82, 2.24) is 25.2 Å². The summed E-state index contributed by atoms with van der Waals surface area (Å²) in [5, 5.41) is 11.1. The quantitative estimate of drug-likeness (QED) is 0.598. The number of anilines is 1. The van der Waals surface area contributed by atoms with Gasteiger partial charge in [0.1, 0.15) is 5.82 Å². The molecule has 1 atom stereocenters. The van der Waals surface area contributed by atoms with Crippen LogP contribution >= 0.6 is 0 Å². The molecule has 6 nitrogen and oxygen atoms in total. The second kappa shape index (κ2) is 7.86. The van der Waals surface area contributed by atoms with Crippen LogP contribution in [0, 0.1) is 0 Å². The van der Waals surface area contributed by atoms with Crippen LogP contribution in [0.25, 0.3) is 22.3 Å². The molecular formula is C22H26N6. The molecule has 3 aromatic rings. The number of rotatable bonds is 5. The van der Waals surface area contributed by atoms with Crippen molar-refractivity contribution in [1.29, 1.82) is 0 Å². The summed E-state index contributed by atoms with van der Waals surface area (Å²) in [7, 11) is 1.86. The molecule has 0 aliphatic carbocycles. The molecule has 4 rings (SSSR count). The van der Waals surface area contributed by atoms with Crippen LogP contribution < -0.4 is 16.4 Å². The normalized spacial score (nSPS) is 17.6. The molecule has 0 amide bonds. The van der Waals surface area contributed by atoms with Gasteiger partial charge in [0, 0.05) is 42.4 Å². The van der Waals surface area contributed by atoms with Gasteiger partial charge in [0.05, 0.1) is 11.9 Å². The van der Waals surface area contributed by atoms with Crippen molar-refractivity contribution < 1.29 is 0 Å². The number of hydrogen-bond donors (Lipinski definition) is 3. The molecule has 0 saturated carbocycles. The van der Waals surface area contributed by atoms with Gasteiger partial charge in [0.2, 0.25) is 0 Å². The summed E-state index contributed by atoms with van der Waals surface area (Å²) >= 11 is 0. The zero-order valence-corrected chi connectivity index (χ0v) is 16.2. The number of aromatic nitrogens is 3. The van der Waals surface area contributed by atoms with Gasteiger partial charge < -0.3 is 16.4 Å². The van der Waals surface area contributed by atoms with E-state index in [1.54, 1.807) is 16.8 Å². The average molecular weight is 374 g/mol. The fraction of sp³-hybridized carbons (Fsp3) is 0.273. The molecule has 1 unspecified atom stereocenters. The zero-order valence-electron chi connectivity index (χ0n) is 16.2. The third-order valence-corrected chi connectivity index (χ3v) is 5.29. The smallest absolute Gasteiger partial charge is 0.165 e. The maximum atomic E-state index is 6.67. The van der Waals surface area contributed by atoms with E-state index in [1.807, 2.05) is 31.4 Å². The van der Waals surface area contributed by atoms with E-state index in [4.69, 9.17) is 10.7 Å². The van der Waals surface area contributed by atoms with Crippen LogP contribution in [-0.2, 0) is 0 Å². The van der Waals surface area contributed by atoms with Gasteiger partial charge in [-0.05, 0) is 24.9 Å². The van der Waals surface area contributed by atoms with Gasteiger partial charge in [-0.25, -0.2) is 4.98 Å². The standard InChI is InChI=1S/C22H26N6/c1-3-15(12-24-2)18-14-26-28-21(23)19(16-8-5-4-6-9-16)20(27-22(18)28)17-10-7-11-25-13-17/h3-6,8-9,12,14,17,24-25H,1,7,10-11,13,23H2,2H3/b15-12+. The maximum Gasteiger partial charge on any atom is 0.165 e. The fourth-order valence-electron chi connectivity index (χ4n) is 3.92. The van der Waals surface area contributed by atoms with Crippen molar-refractivity contribution in [2.75, 3.05) is 25.9 Å². The van der Waals surface area contributed by atoms with Gasteiger partial charge >= 0.3 is 0 Å². The van der Waals surface area contributed by atoms with Gasteiger partial charge in [-0.2, -0.15) is 9.61 Å². The van der Waals surface area contributed by atoms with E-state index in [-0.39, 0.29) is 0 Å². The first kappa shape index (κ1) is 18.3. The Morgan fingerprint density at radius 3 is 2.86 bits per heavy atom. The minimum absolute atomic E-state index is 0.319. The molecule has 0 bridgehead atoms. The summed E-state index contributed by atoms with van der Waals surface area (Å²) in [6, 6.07) is 10.2. The highest BCUT2D eigenvalue weighted by atomic mass is 15.3. The van der Waals surface area contributed by atoms with Crippen molar-refractivity contribution in [3.63, 3.8) is 0 Å². The van der Waals surface area contributed by atoms with Crippen LogP contribution in [0.2, 0.25) is 0 Å². The van der Waals surface area contributed by atoms with Crippen molar-refractivity contribution in [3.8, 4) is 11.1 Å². The number of nitrogens with two attached hydrogens (primary N) is 1. The Labute approximate surface area is 165 Å². The van der Waals surface area contributed by atoms with Crippen LogP contribution in [0.1, 0.15) is 30.0 Å². The molecule has 6 heteroatoms. The third-order valence-electron chi connectivity index (χ3n) is 5.29. The Kier molecular flexibility index (Phi) is 5.12. The predicted octanol–water partition coefficient (Wildman–Crippen LogP) is 3.19. The van der Waals surface area contributed by atoms with Crippen LogP contribution in [0.3, 0.4) is 0 Å². The number of benzene rings is 1. The van der Waals surface area contributed by atoms with E-state index in [0.29, 0.717) is 11.7 Å². The molecule has 1 saturated heterocycles. The molecule has 0 radical (unpaired) electrons. The van der Waals surface area contributed by atoms with Gasteiger partial charge in [0.25, 0.3) is 0 Å². The second-order valence-electron chi connectivity index (χ2n) is 7.05. The van der Waals surface area contributed by atoms with E-state index in [2.05, 4.69) is 34.4 Å². The molecule has 28 heavy (non-hydrogen) atoms. The first-order chi connectivity index (χ1) is 13.7. The average Bonchev–Trinajstić information content (AvgIpc) is 3.17. The van der Waals surface area contributed by atoms with Crippen molar-refractivity contribution >= 4 is 17.0 Å². The van der Waals surface area contributed by atoms with Crippen molar-refractivity contribution in [2.45, 2.75) is 18.8 Å². The van der Waals surface area contributed by atoms with Crippen LogP contribution in [-0.4, -0.2) is 34.7 Å².